The van der Waals surface area contributed by atoms with E-state index in [-0.39, 0.29) is 5.54 Å². The summed E-state index contributed by atoms with van der Waals surface area (Å²) in [5, 5.41) is 0. The van der Waals surface area contributed by atoms with Crippen molar-refractivity contribution in [2.75, 3.05) is 14.1 Å². The Hall–Kier alpha value is -0.120. The molecule has 112 valence electrons. The maximum absolute atomic E-state index is 5.95. The number of likely N-dealkylation sites (N-methyl/N-ethyl adjacent to an activating group) is 1. The van der Waals surface area contributed by atoms with Crippen molar-refractivity contribution in [1.29, 1.82) is 0 Å². The van der Waals surface area contributed by atoms with Crippen LogP contribution in [0, 0.1) is 17.8 Å². The Morgan fingerprint density at radius 1 is 1.21 bits per heavy atom. The summed E-state index contributed by atoms with van der Waals surface area (Å²) in [5.74, 6) is 8.89. The van der Waals surface area contributed by atoms with Crippen LogP contribution in [0.25, 0.3) is 0 Å². The Morgan fingerprint density at radius 3 is 2.26 bits per heavy atom. The Kier molecular flexibility index (Phi) is 4.91. The SMILES string of the molecule is CCC(CC)(C(CC1CC2CCC1C2)NN)N(C)C. The standard InChI is InChI=1S/C16H33N3/c1-5-16(6-2,19(3)4)15(18-17)11-14-10-12-7-8-13(14)9-12/h12-15,18H,5-11,17H2,1-4H3. The minimum Gasteiger partial charge on any atom is -0.302 e. The van der Waals surface area contributed by atoms with E-state index in [0.29, 0.717) is 6.04 Å². The van der Waals surface area contributed by atoms with E-state index in [2.05, 4.69) is 38.3 Å². The lowest BCUT2D eigenvalue weighted by atomic mass is 9.75. The van der Waals surface area contributed by atoms with E-state index < -0.39 is 0 Å². The van der Waals surface area contributed by atoms with Gasteiger partial charge in [-0.15, -0.1) is 0 Å². The molecule has 0 saturated heterocycles. The zero-order chi connectivity index (χ0) is 14.0. The van der Waals surface area contributed by atoms with Gasteiger partial charge >= 0.3 is 0 Å². The largest absolute Gasteiger partial charge is 0.302 e. The van der Waals surface area contributed by atoms with Crippen molar-refractivity contribution < 1.29 is 0 Å². The molecule has 0 aromatic carbocycles. The fraction of sp³-hybridized carbons (Fsp3) is 1.00. The molecule has 2 rings (SSSR count). The van der Waals surface area contributed by atoms with E-state index in [1.165, 1.54) is 32.1 Å². The van der Waals surface area contributed by atoms with Crippen LogP contribution in [-0.2, 0) is 0 Å². The quantitative estimate of drug-likeness (QED) is 0.550. The maximum atomic E-state index is 5.95. The topological polar surface area (TPSA) is 41.3 Å². The molecule has 0 aromatic rings. The highest BCUT2D eigenvalue weighted by molar-refractivity contribution is 5.00. The number of nitrogens with two attached hydrogens (primary N) is 1. The number of nitrogens with one attached hydrogen (secondary N) is 1. The predicted molar refractivity (Wildman–Crippen MR) is 81.7 cm³/mol. The molecule has 19 heavy (non-hydrogen) atoms. The zero-order valence-electron chi connectivity index (χ0n) is 13.3. The van der Waals surface area contributed by atoms with Crippen LogP contribution in [0.2, 0.25) is 0 Å². The molecule has 2 aliphatic carbocycles. The van der Waals surface area contributed by atoms with Crippen LogP contribution >= 0.6 is 0 Å². The van der Waals surface area contributed by atoms with Gasteiger partial charge < -0.3 is 4.90 Å². The Bertz CT molecular complexity index is 286. The third-order valence-corrected chi connectivity index (χ3v) is 6.39. The molecule has 0 spiro atoms. The summed E-state index contributed by atoms with van der Waals surface area (Å²) in [6.45, 7) is 4.60. The third-order valence-electron chi connectivity index (χ3n) is 6.39. The monoisotopic (exact) mass is 267 g/mol. The smallest absolute Gasteiger partial charge is 0.0397 e. The normalized spacial score (nSPS) is 32.2. The van der Waals surface area contributed by atoms with Gasteiger partial charge in [-0.2, -0.15) is 0 Å². The van der Waals surface area contributed by atoms with E-state index >= 15 is 0 Å². The van der Waals surface area contributed by atoms with Gasteiger partial charge in [-0.3, -0.25) is 11.3 Å². The summed E-state index contributed by atoms with van der Waals surface area (Å²) in [5.41, 5.74) is 3.38. The summed E-state index contributed by atoms with van der Waals surface area (Å²) in [6, 6.07) is 0.418. The second kappa shape index (κ2) is 6.11. The first-order valence-electron chi connectivity index (χ1n) is 8.20. The second-order valence-electron chi connectivity index (χ2n) is 7.10. The van der Waals surface area contributed by atoms with Crippen LogP contribution in [0.1, 0.15) is 58.8 Å². The van der Waals surface area contributed by atoms with Gasteiger partial charge in [0.1, 0.15) is 0 Å². The Morgan fingerprint density at radius 2 is 1.89 bits per heavy atom. The van der Waals surface area contributed by atoms with E-state index in [4.69, 9.17) is 5.84 Å². The average molecular weight is 267 g/mol. The van der Waals surface area contributed by atoms with E-state index in [0.717, 1.165) is 30.6 Å². The molecule has 2 fully saturated rings. The summed E-state index contributed by atoms with van der Waals surface area (Å²) in [6.07, 6.45) is 9.49. The fourth-order valence-electron chi connectivity index (χ4n) is 5.10. The lowest BCUT2D eigenvalue weighted by Gasteiger charge is -2.46. The number of rotatable bonds is 7. The first kappa shape index (κ1) is 15.3. The van der Waals surface area contributed by atoms with Gasteiger partial charge in [-0.25, -0.2) is 0 Å². The van der Waals surface area contributed by atoms with Gasteiger partial charge in [0, 0.05) is 11.6 Å². The van der Waals surface area contributed by atoms with Crippen molar-refractivity contribution in [3.63, 3.8) is 0 Å². The Balaban J connectivity index is 2.06. The van der Waals surface area contributed by atoms with Gasteiger partial charge in [0.05, 0.1) is 0 Å². The molecule has 3 nitrogen and oxygen atoms in total. The molecule has 2 bridgehead atoms. The van der Waals surface area contributed by atoms with Crippen LogP contribution in [0.4, 0.5) is 0 Å². The van der Waals surface area contributed by atoms with Gasteiger partial charge in [0.15, 0.2) is 0 Å². The minimum absolute atomic E-state index is 0.205. The van der Waals surface area contributed by atoms with E-state index in [9.17, 15) is 0 Å². The molecule has 2 aliphatic rings. The molecule has 4 atom stereocenters. The number of fused-ring (bicyclic) bond motifs is 2. The Labute approximate surface area is 119 Å². The van der Waals surface area contributed by atoms with Crippen molar-refractivity contribution in [3.05, 3.63) is 0 Å². The molecule has 3 N–H and O–H groups in total. The summed E-state index contributed by atoms with van der Waals surface area (Å²) in [7, 11) is 4.41. The summed E-state index contributed by atoms with van der Waals surface area (Å²) >= 11 is 0. The number of hydrazine groups is 1. The molecule has 0 aromatic heterocycles. The molecule has 4 unspecified atom stereocenters. The first-order valence-corrected chi connectivity index (χ1v) is 8.20. The molecule has 0 aliphatic heterocycles. The minimum atomic E-state index is 0.205. The van der Waals surface area contributed by atoms with Crippen LogP contribution in [0.15, 0.2) is 0 Å². The van der Waals surface area contributed by atoms with E-state index in [1.54, 1.807) is 0 Å². The molecule has 0 radical (unpaired) electrons. The highest BCUT2D eigenvalue weighted by atomic mass is 15.3. The molecular weight excluding hydrogens is 234 g/mol. The fourth-order valence-corrected chi connectivity index (χ4v) is 5.10. The van der Waals surface area contributed by atoms with Crippen molar-refractivity contribution in [1.82, 2.24) is 10.3 Å². The van der Waals surface area contributed by atoms with Gasteiger partial charge in [0.25, 0.3) is 0 Å². The highest BCUT2D eigenvalue weighted by Crippen LogP contribution is 2.50. The second-order valence-corrected chi connectivity index (χ2v) is 7.10. The van der Waals surface area contributed by atoms with Crippen LogP contribution in [0.5, 0.6) is 0 Å². The third kappa shape index (κ3) is 2.70. The molecule has 0 heterocycles. The maximum Gasteiger partial charge on any atom is 0.0397 e. The molecule has 3 heteroatoms. The molecule has 0 amide bonds. The van der Waals surface area contributed by atoms with Crippen LogP contribution in [0.3, 0.4) is 0 Å². The van der Waals surface area contributed by atoms with Crippen molar-refractivity contribution in [2.45, 2.75) is 70.4 Å². The van der Waals surface area contributed by atoms with Gasteiger partial charge in [-0.1, -0.05) is 20.3 Å². The van der Waals surface area contributed by atoms with Crippen LogP contribution in [-0.4, -0.2) is 30.6 Å². The van der Waals surface area contributed by atoms with E-state index in [1.807, 2.05) is 0 Å². The predicted octanol–water partition coefficient (Wildman–Crippen LogP) is 2.77. The lowest BCUT2D eigenvalue weighted by Crippen LogP contribution is -2.60. The molecule has 2 saturated carbocycles. The first-order chi connectivity index (χ1) is 9.07. The summed E-state index contributed by atoms with van der Waals surface area (Å²) in [4.78, 5) is 2.39. The van der Waals surface area contributed by atoms with Crippen molar-refractivity contribution in [2.24, 2.45) is 23.6 Å². The van der Waals surface area contributed by atoms with Crippen molar-refractivity contribution in [3.8, 4) is 0 Å². The summed E-state index contributed by atoms with van der Waals surface area (Å²) < 4.78 is 0. The number of hydrogen-bond donors (Lipinski definition) is 2. The van der Waals surface area contributed by atoms with Gasteiger partial charge in [0.2, 0.25) is 0 Å². The zero-order valence-corrected chi connectivity index (χ0v) is 13.3. The average Bonchev–Trinajstić information content (AvgIpc) is 3.01. The molecular formula is C16H33N3. The van der Waals surface area contributed by atoms with Gasteiger partial charge in [-0.05, 0) is 70.4 Å². The highest BCUT2D eigenvalue weighted by Gasteiger charge is 2.44. The number of hydrogen-bond acceptors (Lipinski definition) is 3. The van der Waals surface area contributed by atoms with Crippen molar-refractivity contribution >= 4 is 0 Å². The lowest BCUT2D eigenvalue weighted by molar-refractivity contribution is 0.0699. The van der Waals surface area contributed by atoms with Crippen LogP contribution < -0.4 is 11.3 Å². The number of nitrogens with zero attached hydrogens (tertiary/aromatic N) is 1.